The van der Waals surface area contributed by atoms with E-state index in [1.54, 1.807) is 42.6 Å². The van der Waals surface area contributed by atoms with Crippen molar-refractivity contribution >= 4 is 15.7 Å². The molecule has 2 aromatic heterocycles. The van der Waals surface area contributed by atoms with Gasteiger partial charge in [0, 0.05) is 12.6 Å². The van der Waals surface area contributed by atoms with Crippen LogP contribution in [0.15, 0.2) is 58.1 Å². The number of nitrogens with one attached hydrogen (secondary N) is 1. The van der Waals surface area contributed by atoms with E-state index in [4.69, 9.17) is 4.52 Å². The van der Waals surface area contributed by atoms with Crippen LogP contribution in [0.25, 0.3) is 0 Å². The zero-order valence-corrected chi connectivity index (χ0v) is 15.4. The van der Waals surface area contributed by atoms with Crippen LogP contribution in [0.1, 0.15) is 27.8 Å². The number of hydrogen-bond donors (Lipinski definition) is 1. The lowest BCUT2D eigenvalue weighted by atomic mass is 10.2. The van der Waals surface area contributed by atoms with Crippen molar-refractivity contribution in [3.63, 3.8) is 0 Å². The van der Waals surface area contributed by atoms with Crippen molar-refractivity contribution in [3.05, 3.63) is 71.6 Å². The minimum atomic E-state index is -3.46. The Bertz CT molecular complexity index is 1020. The van der Waals surface area contributed by atoms with Gasteiger partial charge in [0.15, 0.2) is 15.7 Å². The van der Waals surface area contributed by atoms with Crippen molar-refractivity contribution < 1.29 is 17.7 Å². The van der Waals surface area contributed by atoms with Crippen LogP contribution in [-0.2, 0) is 22.8 Å². The quantitative estimate of drug-likeness (QED) is 0.657. The van der Waals surface area contributed by atoms with Gasteiger partial charge in [-0.3, -0.25) is 9.78 Å². The first-order chi connectivity index (χ1) is 12.9. The molecule has 3 aromatic rings. The van der Waals surface area contributed by atoms with Gasteiger partial charge in [0.2, 0.25) is 0 Å². The van der Waals surface area contributed by atoms with Gasteiger partial charge in [-0.15, -0.1) is 0 Å². The molecule has 1 aromatic carbocycles. The molecule has 1 amide bonds. The van der Waals surface area contributed by atoms with Crippen LogP contribution >= 0.6 is 0 Å². The molecule has 2 heterocycles. The molecule has 0 spiro atoms. The molecule has 0 unspecified atom stereocenters. The molecule has 140 valence electrons. The second-order valence-electron chi connectivity index (χ2n) is 5.90. The number of hydrogen-bond acceptors (Lipinski definition) is 7. The molecule has 0 radical (unpaired) electrons. The molecule has 9 heteroatoms. The molecule has 0 aliphatic rings. The maximum atomic E-state index is 12.3. The van der Waals surface area contributed by atoms with Gasteiger partial charge in [-0.25, -0.2) is 8.42 Å². The predicted molar refractivity (Wildman–Crippen MR) is 96.6 cm³/mol. The molecule has 0 saturated heterocycles. The number of rotatable bonds is 7. The number of benzene rings is 1. The molecule has 0 atom stereocenters. The SMILES string of the molecule is Cc1ccc(S(=O)(=O)CCc2noc(C(=O)NCc3ccccn3)n2)cc1. The third kappa shape index (κ3) is 4.98. The van der Waals surface area contributed by atoms with E-state index in [2.05, 4.69) is 20.4 Å². The van der Waals surface area contributed by atoms with Crippen LogP contribution in [0.2, 0.25) is 0 Å². The zero-order valence-electron chi connectivity index (χ0n) is 14.6. The second-order valence-corrected chi connectivity index (χ2v) is 8.01. The van der Waals surface area contributed by atoms with Crippen molar-refractivity contribution in [1.82, 2.24) is 20.4 Å². The predicted octanol–water partition coefficient (Wildman–Crippen LogP) is 1.72. The van der Waals surface area contributed by atoms with E-state index in [1.165, 1.54) is 0 Å². The Morgan fingerprint density at radius 1 is 1.15 bits per heavy atom. The Hall–Kier alpha value is -3.07. The summed E-state index contributed by atoms with van der Waals surface area (Å²) in [6.07, 6.45) is 1.67. The summed E-state index contributed by atoms with van der Waals surface area (Å²) in [5.41, 5.74) is 1.67. The second kappa shape index (κ2) is 8.09. The molecule has 0 saturated carbocycles. The standard InChI is InChI=1S/C18H18N4O4S/c1-13-5-7-15(8-6-13)27(24,25)11-9-16-21-18(26-22-16)17(23)20-12-14-4-2-3-10-19-14/h2-8,10H,9,11-12H2,1H3,(H,20,23). The zero-order chi connectivity index (χ0) is 19.3. The Labute approximate surface area is 156 Å². The molecular weight excluding hydrogens is 368 g/mol. The van der Waals surface area contributed by atoms with Crippen molar-refractivity contribution in [2.75, 3.05) is 5.75 Å². The highest BCUT2D eigenvalue weighted by molar-refractivity contribution is 7.91. The Morgan fingerprint density at radius 3 is 2.63 bits per heavy atom. The number of sulfone groups is 1. The molecule has 27 heavy (non-hydrogen) atoms. The summed E-state index contributed by atoms with van der Waals surface area (Å²) in [5, 5.41) is 6.29. The normalized spacial score (nSPS) is 11.3. The average molecular weight is 386 g/mol. The van der Waals surface area contributed by atoms with Crippen LogP contribution in [0, 0.1) is 6.92 Å². The molecule has 0 fully saturated rings. The van der Waals surface area contributed by atoms with Crippen molar-refractivity contribution in [1.29, 1.82) is 0 Å². The van der Waals surface area contributed by atoms with E-state index in [0.29, 0.717) is 5.69 Å². The minimum absolute atomic E-state index is 0.0488. The van der Waals surface area contributed by atoms with Crippen LogP contribution in [0.3, 0.4) is 0 Å². The smallest absolute Gasteiger partial charge is 0.315 e. The van der Waals surface area contributed by atoms with Crippen LogP contribution in [-0.4, -0.2) is 35.2 Å². The van der Waals surface area contributed by atoms with Gasteiger partial charge in [0.1, 0.15) is 0 Å². The largest absolute Gasteiger partial charge is 0.342 e. The first-order valence-corrected chi connectivity index (χ1v) is 9.89. The molecule has 0 aliphatic carbocycles. The molecule has 0 bridgehead atoms. The first kappa shape index (κ1) is 18.7. The fraction of sp³-hybridized carbons (Fsp3) is 0.222. The van der Waals surface area contributed by atoms with Gasteiger partial charge < -0.3 is 9.84 Å². The Morgan fingerprint density at radius 2 is 1.93 bits per heavy atom. The highest BCUT2D eigenvalue weighted by Crippen LogP contribution is 2.13. The molecule has 1 N–H and O–H groups in total. The average Bonchev–Trinajstić information content (AvgIpc) is 3.15. The topological polar surface area (TPSA) is 115 Å². The fourth-order valence-electron chi connectivity index (χ4n) is 2.29. The monoisotopic (exact) mass is 386 g/mol. The minimum Gasteiger partial charge on any atom is -0.342 e. The van der Waals surface area contributed by atoms with E-state index in [1.807, 2.05) is 13.0 Å². The van der Waals surface area contributed by atoms with Crippen molar-refractivity contribution in [3.8, 4) is 0 Å². The fourth-order valence-corrected chi connectivity index (χ4v) is 3.52. The molecule has 0 aliphatic heterocycles. The summed E-state index contributed by atoms with van der Waals surface area (Å²) in [5.74, 6) is -0.770. The van der Waals surface area contributed by atoms with Gasteiger partial charge in [-0.2, -0.15) is 4.98 Å². The summed E-state index contributed by atoms with van der Waals surface area (Å²) in [6, 6.07) is 12.0. The summed E-state index contributed by atoms with van der Waals surface area (Å²) < 4.78 is 29.6. The third-order valence-electron chi connectivity index (χ3n) is 3.79. The number of nitrogens with zero attached hydrogens (tertiary/aromatic N) is 3. The van der Waals surface area contributed by atoms with Gasteiger partial charge in [-0.1, -0.05) is 28.9 Å². The van der Waals surface area contributed by atoms with Gasteiger partial charge in [-0.05, 0) is 31.2 Å². The Kier molecular flexibility index (Phi) is 5.60. The van der Waals surface area contributed by atoms with Crippen molar-refractivity contribution in [2.24, 2.45) is 0 Å². The third-order valence-corrected chi connectivity index (χ3v) is 5.53. The van der Waals surface area contributed by atoms with Crippen LogP contribution in [0.4, 0.5) is 0 Å². The number of aromatic nitrogens is 3. The molecular formula is C18H18N4O4S. The van der Waals surface area contributed by atoms with E-state index in [0.717, 1.165) is 5.56 Å². The van der Waals surface area contributed by atoms with E-state index < -0.39 is 15.7 Å². The maximum Gasteiger partial charge on any atom is 0.315 e. The number of aryl methyl sites for hydroxylation is 2. The van der Waals surface area contributed by atoms with Crippen molar-refractivity contribution in [2.45, 2.75) is 24.8 Å². The Balaban J connectivity index is 1.57. The number of carbonyl (C=O) groups is 1. The molecule has 3 rings (SSSR count). The number of pyridine rings is 1. The summed E-state index contributed by atoms with van der Waals surface area (Å²) in [7, 11) is -3.46. The summed E-state index contributed by atoms with van der Waals surface area (Å²) in [6.45, 7) is 2.11. The first-order valence-electron chi connectivity index (χ1n) is 8.24. The lowest BCUT2D eigenvalue weighted by molar-refractivity contribution is 0.0906. The summed E-state index contributed by atoms with van der Waals surface area (Å²) >= 11 is 0. The summed E-state index contributed by atoms with van der Waals surface area (Å²) in [4.78, 5) is 20.3. The van der Waals surface area contributed by atoms with Crippen LogP contribution < -0.4 is 5.32 Å². The van der Waals surface area contributed by atoms with Gasteiger partial charge in [0.05, 0.1) is 22.9 Å². The van der Waals surface area contributed by atoms with E-state index >= 15 is 0 Å². The van der Waals surface area contributed by atoms with E-state index in [9.17, 15) is 13.2 Å². The van der Waals surface area contributed by atoms with E-state index in [-0.39, 0.29) is 35.3 Å². The lowest BCUT2D eigenvalue weighted by Crippen LogP contribution is -2.23. The van der Waals surface area contributed by atoms with Gasteiger partial charge in [0.25, 0.3) is 0 Å². The maximum absolute atomic E-state index is 12.3. The number of amides is 1. The van der Waals surface area contributed by atoms with Gasteiger partial charge >= 0.3 is 11.8 Å². The highest BCUT2D eigenvalue weighted by Gasteiger charge is 2.19. The van der Waals surface area contributed by atoms with Crippen LogP contribution in [0.5, 0.6) is 0 Å². The molecule has 8 nitrogen and oxygen atoms in total. The number of carbonyl (C=O) groups excluding carboxylic acids is 1. The lowest BCUT2D eigenvalue weighted by Gasteiger charge is -2.03. The highest BCUT2D eigenvalue weighted by atomic mass is 32.2.